The van der Waals surface area contributed by atoms with E-state index in [-0.39, 0.29) is 12.0 Å². The molecule has 0 aliphatic carbocycles. The van der Waals surface area contributed by atoms with Crippen LogP contribution in [0.1, 0.15) is 43.1 Å². The number of hydrogen-bond donors (Lipinski definition) is 1. The summed E-state index contributed by atoms with van der Waals surface area (Å²) in [7, 11) is 0. The second-order valence-electron chi connectivity index (χ2n) is 7.92. The Morgan fingerprint density at radius 3 is 2.71 bits per heavy atom. The molecule has 150 valence electrons. The van der Waals surface area contributed by atoms with Crippen molar-refractivity contribution in [2.75, 3.05) is 32.7 Å². The molecule has 7 heteroatoms. The van der Waals surface area contributed by atoms with Gasteiger partial charge in [-0.1, -0.05) is 6.07 Å². The number of imidazole rings is 1. The molecule has 4 heterocycles. The molecule has 0 spiro atoms. The van der Waals surface area contributed by atoms with Crippen molar-refractivity contribution in [1.82, 2.24) is 24.3 Å². The minimum atomic E-state index is -0.287. The first kappa shape index (κ1) is 19.1. The number of hydrogen-bond acceptors (Lipinski definition) is 5. The van der Waals surface area contributed by atoms with Gasteiger partial charge in [-0.15, -0.1) is 0 Å². The Kier molecular flexibility index (Phi) is 6.02. The summed E-state index contributed by atoms with van der Waals surface area (Å²) < 4.78 is 2.18. The Morgan fingerprint density at radius 1 is 1.11 bits per heavy atom. The number of β-amino-alcohol motifs (C(OH)–C–C–N with tert-alkyl or cyclic N) is 1. The first-order valence-corrected chi connectivity index (χ1v) is 10.3. The van der Waals surface area contributed by atoms with Crippen LogP contribution in [0.2, 0.25) is 0 Å². The van der Waals surface area contributed by atoms with Crippen molar-refractivity contribution in [3.63, 3.8) is 0 Å². The van der Waals surface area contributed by atoms with E-state index in [4.69, 9.17) is 0 Å². The van der Waals surface area contributed by atoms with Crippen LogP contribution < -0.4 is 0 Å². The number of carbonyl (C=O) groups is 1. The van der Waals surface area contributed by atoms with Crippen molar-refractivity contribution in [2.24, 2.45) is 0 Å². The number of pyridine rings is 1. The number of rotatable bonds is 5. The van der Waals surface area contributed by atoms with Gasteiger partial charge in [0.15, 0.2) is 0 Å². The molecule has 2 aliphatic rings. The Hall–Kier alpha value is -2.25. The average Bonchev–Trinajstić information content (AvgIpc) is 3.17. The summed E-state index contributed by atoms with van der Waals surface area (Å²) in [6, 6.07) is 5.96. The van der Waals surface area contributed by atoms with Crippen LogP contribution in [-0.2, 0) is 11.3 Å². The summed E-state index contributed by atoms with van der Waals surface area (Å²) in [5.41, 5.74) is 1.03. The third kappa shape index (κ3) is 4.59. The second kappa shape index (κ2) is 8.84. The van der Waals surface area contributed by atoms with Crippen molar-refractivity contribution >= 4 is 5.91 Å². The fourth-order valence-corrected chi connectivity index (χ4v) is 4.33. The monoisotopic (exact) mass is 383 g/mol. The molecule has 2 aliphatic heterocycles. The van der Waals surface area contributed by atoms with Gasteiger partial charge in [0.05, 0.1) is 24.9 Å². The Morgan fingerprint density at radius 2 is 1.96 bits per heavy atom. The molecule has 2 aromatic rings. The van der Waals surface area contributed by atoms with E-state index in [0.717, 1.165) is 63.4 Å². The van der Waals surface area contributed by atoms with Gasteiger partial charge in [-0.05, 0) is 44.4 Å². The van der Waals surface area contributed by atoms with Gasteiger partial charge in [0.25, 0.3) is 0 Å². The van der Waals surface area contributed by atoms with Crippen LogP contribution in [0.25, 0.3) is 0 Å². The van der Waals surface area contributed by atoms with E-state index >= 15 is 0 Å². The summed E-state index contributed by atoms with van der Waals surface area (Å²) in [6.07, 6.45) is 9.10. The molecule has 1 N–H and O–H groups in total. The summed E-state index contributed by atoms with van der Waals surface area (Å²) in [6.45, 7) is 4.23. The number of nitrogens with zero attached hydrogens (tertiary/aromatic N) is 5. The predicted molar refractivity (Wildman–Crippen MR) is 106 cm³/mol. The minimum absolute atomic E-state index is 0.185. The van der Waals surface area contributed by atoms with E-state index in [1.165, 1.54) is 0 Å². The average molecular weight is 383 g/mol. The van der Waals surface area contributed by atoms with Crippen LogP contribution in [0, 0.1) is 0 Å². The maximum absolute atomic E-state index is 12.6. The van der Waals surface area contributed by atoms with Crippen molar-refractivity contribution < 1.29 is 9.90 Å². The molecule has 28 heavy (non-hydrogen) atoms. The molecule has 7 nitrogen and oxygen atoms in total. The van der Waals surface area contributed by atoms with Gasteiger partial charge in [-0.2, -0.15) is 0 Å². The molecule has 1 unspecified atom stereocenters. The third-order valence-electron chi connectivity index (χ3n) is 5.86. The first-order chi connectivity index (χ1) is 13.7. The lowest BCUT2D eigenvalue weighted by atomic mass is 9.95. The minimum Gasteiger partial charge on any atom is -0.392 e. The van der Waals surface area contributed by atoms with Gasteiger partial charge < -0.3 is 14.6 Å². The number of aromatic nitrogens is 3. The molecule has 2 fully saturated rings. The number of carbonyl (C=O) groups excluding carboxylic acids is 1. The second-order valence-corrected chi connectivity index (χ2v) is 7.92. The van der Waals surface area contributed by atoms with Gasteiger partial charge in [-0.25, -0.2) is 4.98 Å². The summed E-state index contributed by atoms with van der Waals surface area (Å²) in [5, 5.41) is 9.79. The highest BCUT2D eigenvalue weighted by atomic mass is 16.3. The lowest BCUT2D eigenvalue weighted by Crippen LogP contribution is -2.47. The topological polar surface area (TPSA) is 74.5 Å². The summed E-state index contributed by atoms with van der Waals surface area (Å²) in [4.78, 5) is 25.7. The van der Waals surface area contributed by atoms with Crippen LogP contribution in [0.15, 0.2) is 36.8 Å². The quantitative estimate of drug-likeness (QED) is 0.847. The molecule has 4 rings (SSSR count). The van der Waals surface area contributed by atoms with E-state index in [1.54, 1.807) is 0 Å². The first-order valence-electron chi connectivity index (χ1n) is 10.3. The Balaban J connectivity index is 1.31. The van der Waals surface area contributed by atoms with Crippen LogP contribution >= 0.6 is 0 Å². The Bertz CT molecular complexity index is 770. The highest BCUT2D eigenvalue weighted by Crippen LogP contribution is 2.27. The standard InChI is InChI=1S/C21H29N5O2/c27-19-5-3-10-24(15-19)16-20(28)25-11-6-17(7-12-25)21-23-9-13-26(21)14-18-4-1-2-8-22-18/h1-2,4,8-9,13,17,19,27H,3,5-7,10-12,14-16H2. The number of aliphatic hydroxyl groups excluding tert-OH is 1. The van der Waals surface area contributed by atoms with Gasteiger partial charge in [-0.3, -0.25) is 14.7 Å². The zero-order chi connectivity index (χ0) is 19.3. The van der Waals surface area contributed by atoms with Gasteiger partial charge in [0, 0.05) is 44.1 Å². The highest BCUT2D eigenvalue weighted by molar-refractivity contribution is 5.78. The zero-order valence-electron chi connectivity index (χ0n) is 16.3. The molecular formula is C21H29N5O2. The van der Waals surface area contributed by atoms with E-state index in [9.17, 15) is 9.90 Å². The van der Waals surface area contributed by atoms with E-state index in [0.29, 0.717) is 19.0 Å². The lowest BCUT2D eigenvalue weighted by Gasteiger charge is -2.35. The smallest absolute Gasteiger partial charge is 0.236 e. The molecular weight excluding hydrogens is 354 g/mol. The largest absolute Gasteiger partial charge is 0.392 e. The lowest BCUT2D eigenvalue weighted by molar-refractivity contribution is -0.134. The molecule has 0 bridgehead atoms. The fourth-order valence-electron chi connectivity index (χ4n) is 4.33. The van der Waals surface area contributed by atoms with E-state index < -0.39 is 0 Å². The fraction of sp³-hybridized carbons (Fsp3) is 0.571. The van der Waals surface area contributed by atoms with Crippen LogP contribution in [-0.4, -0.2) is 74.2 Å². The van der Waals surface area contributed by atoms with Gasteiger partial charge in [0.1, 0.15) is 5.82 Å². The molecule has 0 aromatic carbocycles. The third-order valence-corrected chi connectivity index (χ3v) is 5.86. The highest BCUT2D eigenvalue weighted by Gasteiger charge is 2.28. The Labute approximate surface area is 166 Å². The summed E-state index contributed by atoms with van der Waals surface area (Å²) in [5.74, 6) is 1.65. The van der Waals surface area contributed by atoms with Crippen LogP contribution in [0.3, 0.4) is 0 Å². The molecule has 2 saturated heterocycles. The van der Waals surface area contributed by atoms with Crippen molar-refractivity contribution in [2.45, 2.75) is 44.2 Å². The molecule has 0 saturated carbocycles. The van der Waals surface area contributed by atoms with Crippen molar-refractivity contribution in [1.29, 1.82) is 0 Å². The number of aliphatic hydroxyl groups is 1. The molecule has 0 radical (unpaired) electrons. The maximum Gasteiger partial charge on any atom is 0.236 e. The van der Waals surface area contributed by atoms with Crippen LogP contribution in [0.5, 0.6) is 0 Å². The number of likely N-dealkylation sites (tertiary alicyclic amines) is 2. The SMILES string of the molecule is O=C(CN1CCCC(O)C1)N1CCC(c2nccn2Cc2ccccn2)CC1. The van der Waals surface area contributed by atoms with E-state index in [1.807, 2.05) is 41.7 Å². The molecule has 1 amide bonds. The number of piperidine rings is 2. The molecule has 2 aromatic heterocycles. The van der Waals surface area contributed by atoms with Crippen molar-refractivity contribution in [3.8, 4) is 0 Å². The van der Waals surface area contributed by atoms with E-state index in [2.05, 4.69) is 19.4 Å². The summed E-state index contributed by atoms with van der Waals surface area (Å²) >= 11 is 0. The van der Waals surface area contributed by atoms with Crippen molar-refractivity contribution in [3.05, 3.63) is 48.3 Å². The zero-order valence-corrected chi connectivity index (χ0v) is 16.3. The predicted octanol–water partition coefficient (Wildman–Crippen LogP) is 1.49. The van der Waals surface area contributed by atoms with Gasteiger partial charge in [0.2, 0.25) is 5.91 Å². The maximum atomic E-state index is 12.6. The van der Waals surface area contributed by atoms with Crippen LogP contribution in [0.4, 0.5) is 0 Å². The van der Waals surface area contributed by atoms with Gasteiger partial charge >= 0.3 is 0 Å². The molecule has 1 atom stereocenters. The normalized spacial score (nSPS) is 21.8. The number of amides is 1.